The van der Waals surface area contributed by atoms with Crippen LogP contribution in [0, 0.1) is 11.8 Å². The zero-order valence-electron chi connectivity index (χ0n) is 9.60. The molecule has 0 fully saturated rings. The first-order valence-corrected chi connectivity index (χ1v) is 5.06. The molecule has 0 aliphatic heterocycles. The third kappa shape index (κ3) is 2.41. The van der Waals surface area contributed by atoms with Crippen molar-refractivity contribution in [3.63, 3.8) is 0 Å². The van der Waals surface area contributed by atoms with Crippen molar-refractivity contribution in [3.8, 4) is 0 Å². The molecule has 1 rings (SSSR count). The lowest BCUT2D eigenvalue weighted by molar-refractivity contribution is -0.151. The van der Waals surface area contributed by atoms with Crippen molar-refractivity contribution in [3.05, 3.63) is 11.6 Å². The highest BCUT2D eigenvalue weighted by molar-refractivity contribution is 5.88. The first kappa shape index (κ1) is 12.7. The Balaban J connectivity index is 2.96. The Morgan fingerprint density at radius 2 is 2.06 bits per heavy atom. The van der Waals surface area contributed by atoms with Gasteiger partial charge in [-0.2, -0.15) is 0 Å². The summed E-state index contributed by atoms with van der Waals surface area (Å²) in [6.07, 6.45) is 1.41. The standard InChI is InChI=1S/C11H16O5/c1-6-4-8(11(14)16-3)9(15-2)5-7(6)10(12)13/h5-6,8-9H,4H2,1-3H3,(H,12,13). The van der Waals surface area contributed by atoms with Gasteiger partial charge in [-0.25, -0.2) is 4.79 Å². The van der Waals surface area contributed by atoms with Crippen molar-refractivity contribution in [2.45, 2.75) is 19.4 Å². The van der Waals surface area contributed by atoms with Gasteiger partial charge < -0.3 is 14.6 Å². The molecule has 1 N–H and O–H groups in total. The van der Waals surface area contributed by atoms with E-state index in [1.54, 1.807) is 6.92 Å². The molecule has 0 aromatic carbocycles. The van der Waals surface area contributed by atoms with Crippen LogP contribution >= 0.6 is 0 Å². The van der Waals surface area contributed by atoms with E-state index in [1.165, 1.54) is 20.3 Å². The fourth-order valence-electron chi connectivity index (χ4n) is 2.00. The van der Waals surface area contributed by atoms with Crippen LogP contribution < -0.4 is 0 Å². The fraction of sp³-hybridized carbons (Fsp3) is 0.636. The maximum atomic E-state index is 11.5. The topological polar surface area (TPSA) is 72.8 Å². The molecule has 0 radical (unpaired) electrons. The molecule has 0 saturated carbocycles. The molecule has 5 nitrogen and oxygen atoms in total. The van der Waals surface area contributed by atoms with Crippen LogP contribution in [0.2, 0.25) is 0 Å². The molecular weight excluding hydrogens is 212 g/mol. The number of rotatable bonds is 3. The van der Waals surface area contributed by atoms with Gasteiger partial charge in [0.05, 0.1) is 19.1 Å². The van der Waals surface area contributed by atoms with E-state index in [9.17, 15) is 9.59 Å². The van der Waals surface area contributed by atoms with Crippen LogP contribution in [-0.2, 0) is 19.1 Å². The number of carbonyl (C=O) groups excluding carboxylic acids is 1. The molecule has 0 aromatic rings. The lowest BCUT2D eigenvalue weighted by atomic mass is 9.80. The summed E-state index contributed by atoms with van der Waals surface area (Å²) in [4.78, 5) is 22.4. The third-order valence-electron chi connectivity index (χ3n) is 2.90. The molecule has 16 heavy (non-hydrogen) atoms. The van der Waals surface area contributed by atoms with Crippen molar-refractivity contribution in [1.29, 1.82) is 0 Å². The Morgan fingerprint density at radius 1 is 1.44 bits per heavy atom. The average Bonchev–Trinajstić information content (AvgIpc) is 2.27. The SMILES string of the molecule is COC(=O)C1CC(C)C(C(=O)O)=CC1OC. The Morgan fingerprint density at radius 3 is 2.50 bits per heavy atom. The van der Waals surface area contributed by atoms with E-state index in [2.05, 4.69) is 4.74 Å². The molecule has 0 bridgehead atoms. The highest BCUT2D eigenvalue weighted by Crippen LogP contribution is 2.31. The molecule has 3 atom stereocenters. The Labute approximate surface area is 94.0 Å². The number of carboxylic acids is 1. The summed E-state index contributed by atoms with van der Waals surface area (Å²) in [5, 5.41) is 8.96. The molecule has 5 heteroatoms. The average molecular weight is 228 g/mol. The highest BCUT2D eigenvalue weighted by atomic mass is 16.5. The number of carbonyl (C=O) groups is 2. The van der Waals surface area contributed by atoms with E-state index in [0.29, 0.717) is 12.0 Å². The van der Waals surface area contributed by atoms with Gasteiger partial charge in [-0.3, -0.25) is 4.79 Å². The summed E-state index contributed by atoms with van der Waals surface area (Å²) in [5.41, 5.74) is 0.298. The van der Waals surface area contributed by atoms with Gasteiger partial charge in [-0.15, -0.1) is 0 Å². The molecule has 3 unspecified atom stereocenters. The van der Waals surface area contributed by atoms with Gasteiger partial charge in [0.15, 0.2) is 0 Å². The van der Waals surface area contributed by atoms with E-state index in [1.807, 2.05) is 0 Å². The number of hydrogen-bond acceptors (Lipinski definition) is 4. The zero-order chi connectivity index (χ0) is 12.3. The van der Waals surface area contributed by atoms with E-state index in [0.717, 1.165) is 0 Å². The smallest absolute Gasteiger partial charge is 0.331 e. The lowest BCUT2D eigenvalue weighted by Crippen LogP contribution is -2.36. The van der Waals surface area contributed by atoms with E-state index in [-0.39, 0.29) is 11.9 Å². The first-order chi connectivity index (χ1) is 7.51. The molecule has 0 heterocycles. The van der Waals surface area contributed by atoms with E-state index in [4.69, 9.17) is 9.84 Å². The molecule has 1 aliphatic carbocycles. The van der Waals surface area contributed by atoms with Crippen molar-refractivity contribution in [2.75, 3.05) is 14.2 Å². The van der Waals surface area contributed by atoms with E-state index < -0.39 is 18.0 Å². The van der Waals surface area contributed by atoms with Crippen LogP contribution in [0.5, 0.6) is 0 Å². The van der Waals surface area contributed by atoms with Gasteiger partial charge in [-0.1, -0.05) is 6.92 Å². The molecule has 0 aromatic heterocycles. The van der Waals surface area contributed by atoms with Crippen LogP contribution in [0.3, 0.4) is 0 Å². The number of methoxy groups -OCH3 is 2. The van der Waals surface area contributed by atoms with Crippen LogP contribution in [0.15, 0.2) is 11.6 Å². The van der Waals surface area contributed by atoms with E-state index >= 15 is 0 Å². The van der Waals surface area contributed by atoms with Crippen LogP contribution in [-0.4, -0.2) is 37.4 Å². The first-order valence-electron chi connectivity index (χ1n) is 5.06. The second kappa shape index (κ2) is 5.12. The number of aliphatic carboxylic acids is 1. The van der Waals surface area contributed by atoms with Crippen molar-refractivity contribution < 1.29 is 24.2 Å². The molecule has 0 amide bonds. The Kier molecular flexibility index (Phi) is 4.06. The molecule has 1 aliphatic rings. The molecule has 0 saturated heterocycles. The summed E-state index contributed by atoms with van der Waals surface area (Å²) < 4.78 is 9.79. The predicted octanol–water partition coefficient (Wildman–Crippen LogP) is 0.841. The van der Waals surface area contributed by atoms with Crippen molar-refractivity contribution in [2.24, 2.45) is 11.8 Å². The van der Waals surface area contributed by atoms with Gasteiger partial charge in [0.25, 0.3) is 0 Å². The number of esters is 1. The van der Waals surface area contributed by atoms with Gasteiger partial charge >= 0.3 is 11.9 Å². The zero-order valence-corrected chi connectivity index (χ0v) is 9.60. The monoisotopic (exact) mass is 228 g/mol. The van der Waals surface area contributed by atoms with Crippen LogP contribution in [0.25, 0.3) is 0 Å². The quantitative estimate of drug-likeness (QED) is 0.725. The normalized spacial score (nSPS) is 29.4. The molecule has 90 valence electrons. The van der Waals surface area contributed by atoms with Gasteiger partial charge in [-0.05, 0) is 18.4 Å². The third-order valence-corrected chi connectivity index (χ3v) is 2.90. The minimum atomic E-state index is -0.960. The minimum Gasteiger partial charge on any atom is -0.478 e. The number of ether oxygens (including phenoxy) is 2. The van der Waals surface area contributed by atoms with Crippen molar-refractivity contribution in [1.82, 2.24) is 0 Å². The Bertz CT molecular complexity index is 320. The van der Waals surface area contributed by atoms with Gasteiger partial charge in [0.1, 0.15) is 0 Å². The predicted molar refractivity (Wildman–Crippen MR) is 55.8 cm³/mol. The van der Waals surface area contributed by atoms with Gasteiger partial charge in [0, 0.05) is 12.7 Å². The highest BCUT2D eigenvalue weighted by Gasteiger charge is 2.36. The second-order valence-corrected chi connectivity index (χ2v) is 3.89. The van der Waals surface area contributed by atoms with Crippen LogP contribution in [0.1, 0.15) is 13.3 Å². The summed E-state index contributed by atoms with van der Waals surface area (Å²) in [6.45, 7) is 1.78. The fourth-order valence-corrected chi connectivity index (χ4v) is 2.00. The molecular formula is C11H16O5. The molecule has 0 spiro atoms. The largest absolute Gasteiger partial charge is 0.478 e. The second-order valence-electron chi connectivity index (χ2n) is 3.89. The maximum Gasteiger partial charge on any atom is 0.331 e. The van der Waals surface area contributed by atoms with Crippen molar-refractivity contribution >= 4 is 11.9 Å². The number of hydrogen-bond donors (Lipinski definition) is 1. The summed E-state index contributed by atoms with van der Waals surface area (Å²) in [5.74, 6) is -1.92. The van der Waals surface area contributed by atoms with Crippen LogP contribution in [0.4, 0.5) is 0 Å². The van der Waals surface area contributed by atoms with Gasteiger partial charge in [0.2, 0.25) is 0 Å². The summed E-state index contributed by atoms with van der Waals surface area (Å²) >= 11 is 0. The maximum absolute atomic E-state index is 11.5. The summed E-state index contributed by atoms with van der Waals surface area (Å²) in [7, 11) is 2.77. The number of carboxylic acid groups (broad SMARTS) is 1. The summed E-state index contributed by atoms with van der Waals surface area (Å²) in [6, 6.07) is 0. The Hall–Kier alpha value is -1.36. The lowest BCUT2D eigenvalue weighted by Gasteiger charge is -2.29. The minimum absolute atomic E-state index is 0.173.